The van der Waals surface area contributed by atoms with Crippen LogP contribution in [0.5, 0.6) is 11.6 Å². The Labute approximate surface area is 199 Å². The van der Waals surface area contributed by atoms with E-state index >= 15 is 0 Å². The van der Waals surface area contributed by atoms with Gasteiger partial charge in [0, 0.05) is 37.4 Å². The van der Waals surface area contributed by atoms with Crippen molar-refractivity contribution >= 4 is 34.0 Å². The first kappa shape index (κ1) is 25.1. The van der Waals surface area contributed by atoms with Gasteiger partial charge in [-0.05, 0) is 19.9 Å². The van der Waals surface area contributed by atoms with Gasteiger partial charge in [-0.15, -0.1) is 0 Å². The summed E-state index contributed by atoms with van der Waals surface area (Å²) in [5.74, 6) is 0.525. The van der Waals surface area contributed by atoms with E-state index in [2.05, 4.69) is 15.0 Å². The summed E-state index contributed by atoms with van der Waals surface area (Å²) < 4.78 is 30.2. The molecular weight excluding hydrogens is 462 g/mol. The smallest absolute Gasteiger partial charge is 0.331 e. The number of nitrogens with zero attached hydrogens (tertiary/aromatic N) is 5. The largest absolute Gasteiger partial charge is 0.496 e. The molecule has 3 aromatic rings. The number of hydrogen-bond acceptors (Lipinski definition) is 9. The molecule has 0 spiro atoms. The summed E-state index contributed by atoms with van der Waals surface area (Å²) in [4.78, 5) is 38.9. The van der Waals surface area contributed by atoms with Crippen molar-refractivity contribution in [3.8, 4) is 11.6 Å². The molecule has 0 N–H and O–H groups in total. The van der Waals surface area contributed by atoms with E-state index < -0.39 is 22.8 Å². The maximum absolute atomic E-state index is 13.5. The van der Waals surface area contributed by atoms with Crippen molar-refractivity contribution in [1.82, 2.24) is 24.4 Å². The van der Waals surface area contributed by atoms with Crippen LogP contribution >= 0.6 is 0 Å². The molecule has 0 saturated heterocycles. The van der Waals surface area contributed by atoms with Gasteiger partial charge in [0.15, 0.2) is 5.65 Å². The third-order valence-corrected chi connectivity index (χ3v) is 6.35. The number of amides is 1. The number of carbonyl (C=O) groups is 2. The Bertz CT molecular complexity index is 1260. The molecule has 1 amide bonds. The molecule has 1 unspecified atom stereocenters. The average molecular weight is 490 g/mol. The minimum absolute atomic E-state index is 0.0195. The van der Waals surface area contributed by atoms with Gasteiger partial charge in [-0.3, -0.25) is 14.0 Å². The van der Waals surface area contributed by atoms with E-state index in [-0.39, 0.29) is 35.6 Å². The Morgan fingerprint density at radius 3 is 2.53 bits per heavy atom. The molecule has 0 aliphatic rings. The van der Waals surface area contributed by atoms with Crippen molar-refractivity contribution in [2.75, 3.05) is 34.4 Å². The Hall–Kier alpha value is -3.54. The number of aryl methyl sites for hydroxylation is 1. The lowest BCUT2D eigenvalue weighted by Crippen LogP contribution is -2.35. The summed E-state index contributed by atoms with van der Waals surface area (Å²) >= 11 is 0. The van der Waals surface area contributed by atoms with Crippen LogP contribution in [0.4, 0.5) is 4.79 Å². The second kappa shape index (κ2) is 10.6. The molecule has 34 heavy (non-hydrogen) atoms. The Balaban J connectivity index is 2.02. The second-order valence-electron chi connectivity index (χ2n) is 7.51. The molecule has 1 atom stereocenters. The van der Waals surface area contributed by atoms with Gasteiger partial charge in [-0.25, -0.2) is 14.3 Å². The highest BCUT2D eigenvalue weighted by Crippen LogP contribution is 2.27. The number of carbonyl (C=O) groups excluding carboxylic acids is 2. The molecule has 0 fully saturated rings. The minimum atomic E-state index is -1.74. The molecule has 3 rings (SSSR count). The van der Waals surface area contributed by atoms with Gasteiger partial charge >= 0.3 is 12.0 Å². The van der Waals surface area contributed by atoms with Crippen molar-refractivity contribution in [3.63, 3.8) is 0 Å². The molecule has 3 heterocycles. The number of esters is 1. The second-order valence-corrected chi connectivity index (χ2v) is 8.85. The van der Waals surface area contributed by atoms with E-state index in [1.54, 1.807) is 32.5 Å². The van der Waals surface area contributed by atoms with Crippen LogP contribution in [0.25, 0.3) is 11.2 Å². The standard InChI is InChI=1S/C22H27N5O6S/c1-13-11-23-17(14(2)19(13)32-6)12-34(30)21-24-16-7-8-18(31-5)25-20(16)27(21)22(29)26(4)9-10-33-15(3)28/h7-8,11H,9-10,12H2,1-6H3. The molecule has 3 aromatic heterocycles. The van der Waals surface area contributed by atoms with Crippen molar-refractivity contribution < 1.29 is 28.0 Å². The summed E-state index contributed by atoms with van der Waals surface area (Å²) in [6, 6.07) is 2.73. The highest BCUT2D eigenvalue weighted by Gasteiger charge is 2.26. The highest BCUT2D eigenvalue weighted by molar-refractivity contribution is 7.84. The minimum Gasteiger partial charge on any atom is -0.496 e. The fourth-order valence-corrected chi connectivity index (χ4v) is 4.59. The molecule has 0 aliphatic carbocycles. The molecule has 182 valence electrons. The number of methoxy groups -OCH3 is 2. The van der Waals surface area contributed by atoms with E-state index in [1.807, 2.05) is 13.8 Å². The Morgan fingerprint density at radius 1 is 1.15 bits per heavy atom. The average Bonchev–Trinajstić information content (AvgIpc) is 3.19. The lowest BCUT2D eigenvalue weighted by Gasteiger charge is -2.18. The van der Waals surface area contributed by atoms with Crippen molar-refractivity contribution in [3.05, 3.63) is 35.2 Å². The third-order valence-electron chi connectivity index (χ3n) is 5.13. The van der Waals surface area contributed by atoms with Crippen LogP contribution in [0.15, 0.2) is 23.5 Å². The van der Waals surface area contributed by atoms with Gasteiger partial charge in [-0.1, -0.05) is 0 Å². The van der Waals surface area contributed by atoms with Gasteiger partial charge in [0.05, 0.1) is 43.0 Å². The predicted octanol–water partition coefficient (Wildman–Crippen LogP) is 2.23. The normalized spacial score (nSPS) is 11.8. The fourth-order valence-electron chi connectivity index (χ4n) is 3.36. The van der Waals surface area contributed by atoms with Crippen molar-refractivity contribution in [2.24, 2.45) is 0 Å². The quantitative estimate of drug-likeness (QED) is 0.438. The monoisotopic (exact) mass is 489 g/mol. The van der Waals surface area contributed by atoms with E-state index in [1.165, 1.54) is 23.5 Å². The highest BCUT2D eigenvalue weighted by atomic mass is 32.2. The predicted molar refractivity (Wildman–Crippen MR) is 125 cm³/mol. The summed E-state index contributed by atoms with van der Waals surface area (Å²) in [5, 5.41) is 0.0285. The van der Waals surface area contributed by atoms with Gasteiger partial charge in [0.25, 0.3) is 0 Å². The number of hydrogen-bond donors (Lipinski definition) is 0. The van der Waals surface area contributed by atoms with E-state index in [9.17, 15) is 13.8 Å². The number of rotatable bonds is 8. The zero-order chi connectivity index (χ0) is 25.0. The van der Waals surface area contributed by atoms with Gasteiger partial charge < -0.3 is 19.1 Å². The summed E-state index contributed by atoms with van der Waals surface area (Å²) in [6.07, 6.45) is 1.65. The van der Waals surface area contributed by atoms with Crippen LogP contribution in [-0.4, -0.2) is 75.0 Å². The molecule has 0 aliphatic heterocycles. The lowest BCUT2D eigenvalue weighted by molar-refractivity contribution is -0.141. The molecule has 0 aromatic carbocycles. The summed E-state index contributed by atoms with van der Waals surface area (Å²) in [7, 11) is 2.83. The zero-order valence-corrected chi connectivity index (χ0v) is 20.8. The number of fused-ring (bicyclic) bond motifs is 1. The first-order chi connectivity index (χ1) is 16.2. The Kier molecular flexibility index (Phi) is 7.82. The summed E-state index contributed by atoms with van der Waals surface area (Å²) in [6.45, 7) is 5.16. The SMILES string of the molecule is COc1ccc2nc(S(=O)Cc3ncc(C)c(OC)c3C)n(C(=O)N(C)CCOC(C)=O)c2n1. The van der Waals surface area contributed by atoms with Crippen molar-refractivity contribution in [1.29, 1.82) is 0 Å². The lowest BCUT2D eigenvalue weighted by atomic mass is 10.1. The zero-order valence-electron chi connectivity index (χ0n) is 19.9. The number of imidazole rings is 1. The van der Waals surface area contributed by atoms with Crippen LogP contribution in [0, 0.1) is 13.8 Å². The van der Waals surface area contributed by atoms with Crippen LogP contribution < -0.4 is 9.47 Å². The molecule has 0 bridgehead atoms. The number of pyridine rings is 2. The van der Waals surface area contributed by atoms with Gasteiger partial charge in [0.1, 0.15) is 17.9 Å². The van der Waals surface area contributed by atoms with Gasteiger partial charge in [0.2, 0.25) is 11.0 Å². The van der Waals surface area contributed by atoms with E-state index in [0.29, 0.717) is 17.0 Å². The van der Waals surface area contributed by atoms with Crippen LogP contribution in [0.1, 0.15) is 23.7 Å². The fraction of sp³-hybridized carbons (Fsp3) is 0.409. The number of ether oxygens (including phenoxy) is 3. The maximum Gasteiger partial charge on any atom is 0.331 e. The molecule has 12 heteroatoms. The first-order valence-electron chi connectivity index (χ1n) is 10.4. The molecule has 0 radical (unpaired) electrons. The van der Waals surface area contributed by atoms with Crippen LogP contribution in [0.3, 0.4) is 0 Å². The molecule has 0 saturated carbocycles. The van der Waals surface area contributed by atoms with Crippen molar-refractivity contribution in [2.45, 2.75) is 31.7 Å². The third kappa shape index (κ3) is 5.16. The van der Waals surface area contributed by atoms with Crippen LogP contribution in [0.2, 0.25) is 0 Å². The topological polar surface area (TPSA) is 126 Å². The van der Waals surface area contributed by atoms with Gasteiger partial charge in [-0.2, -0.15) is 4.98 Å². The first-order valence-corrected chi connectivity index (χ1v) is 11.7. The van der Waals surface area contributed by atoms with E-state index in [4.69, 9.17) is 14.2 Å². The summed E-state index contributed by atoms with van der Waals surface area (Å²) in [5.41, 5.74) is 2.79. The van der Waals surface area contributed by atoms with E-state index in [0.717, 1.165) is 11.1 Å². The molecule has 11 nitrogen and oxygen atoms in total. The maximum atomic E-state index is 13.5. The van der Waals surface area contributed by atoms with Crippen LogP contribution in [-0.2, 0) is 26.1 Å². The molecular formula is C22H27N5O6S. The number of aromatic nitrogens is 4. The number of likely N-dealkylation sites (N-methyl/N-ethyl adjacent to an activating group) is 1. The Morgan fingerprint density at radius 2 is 1.88 bits per heavy atom.